The van der Waals surface area contributed by atoms with Crippen LogP contribution in [0.5, 0.6) is 0 Å². The van der Waals surface area contributed by atoms with E-state index in [0.717, 1.165) is 24.9 Å². The summed E-state index contributed by atoms with van der Waals surface area (Å²) in [6.45, 7) is 3.05. The van der Waals surface area contributed by atoms with Crippen LogP contribution < -0.4 is 35.4 Å². The Morgan fingerprint density at radius 2 is 1.62 bits per heavy atom. The lowest BCUT2D eigenvalue weighted by Crippen LogP contribution is -3.00. The van der Waals surface area contributed by atoms with Crippen molar-refractivity contribution in [3.05, 3.63) is 70.8 Å². The number of alkyl halides is 3. The van der Waals surface area contributed by atoms with Gasteiger partial charge in [0.2, 0.25) is 5.91 Å². The first-order valence-electron chi connectivity index (χ1n) is 14.6. The number of hydrogen-bond donors (Lipinski definition) is 2. The van der Waals surface area contributed by atoms with Crippen molar-refractivity contribution in [2.24, 2.45) is 11.8 Å². The molecule has 0 radical (unpaired) electrons. The summed E-state index contributed by atoms with van der Waals surface area (Å²) in [5.74, 6) is 0.858. The lowest BCUT2D eigenvalue weighted by atomic mass is 9.67. The topological polar surface area (TPSA) is 53.5 Å². The molecule has 4 N–H and O–H groups in total. The van der Waals surface area contributed by atoms with E-state index in [1.54, 1.807) is 6.07 Å². The lowest BCUT2D eigenvalue weighted by molar-refractivity contribution is -0.691. The monoisotopic (exact) mass is 597 g/mol. The van der Waals surface area contributed by atoms with E-state index in [1.165, 1.54) is 43.7 Å². The zero-order chi connectivity index (χ0) is 26.3. The fourth-order valence-corrected chi connectivity index (χ4v) is 8.32. The molecule has 2 aromatic carbocycles. The molecule has 1 amide bonds. The summed E-state index contributed by atoms with van der Waals surface area (Å²) >= 11 is 0. The van der Waals surface area contributed by atoms with Crippen molar-refractivity contribution in [2.45, 2.75) is 75.0 Å². The number of nitrogens with two attached hydrogens (primary N) is 2. The number of fused-ring (bicyclic) bond motifs is 2. The molecule has 6 rings (SSSR count). The molecule has 220 valence electrons. The molecule has 0 bridgehead atoms. The van der Waals surface area contributed by atoms with Crippen molar-refractivity contribution in [3.8, 4) is 0 Å². The minimum absolute atomic E-state index is 0. The van der Waals surface area contributed by atoms with Gasteiger partial charge >= 0.3 is 6.18 Å². The molecule has 3 fully saturated rings. The summed E-state index contributed by atoms with van der Waals surface area (Å²) in [6, 6.07) is 15.5. The number of rotatable bonds is 3. The quantitative estimate of drug-likeness (QED) is 0.407. The summed E-state index contributed by atoms with van der Waals surface area (Å²) in [7, 11) is 0. The molecule has 1 unspecified atom stereocenters. The van der Waals surface area contributed by atoms with Crippen LogP contribution in [0.3, 0.4) is 0 Å². The van der Waals surface area contributed by atoms with Crippen LogP contribution in [-0.4, -0.2) is 43.0 Å². The third-order valence-corrected chi connectivity index (χ3v) is 10.1. The van der Waals surface area contributed by atoms with Gasteiger partial charge in [-0.2, -0.15) is 13.2 Å². The van der Waals surface area contributed by atoms with E-state index in [9.17, 15) is 18.0 Å². The van der Waals surface area contributed by atoms with Crippen molar-refractivity contribution in [1.82, 2.24) is 4.90 Å². The van der Waals surface area contributed by atoms with Crippen molar-refractivity contribution >= 4 is 5.91 Å². The highest BCUT2D eigenvalue weighted by Crippen LogP contribution is 2.44. The number of carbonyl (C=O) groups is 1. The highest BCUT2D eigenvalue weighted by Gasteiger charge is 2.58. The van der Waals surface area contributed by atoms with E-state index < -0.39 is 17.2 Å². The van der Waals surface area contributed by atoms with Crippen LogP contribution in [0.15, 0.2) is 48.5 Å². The van der Waals surface area contributed by atoms with Crippen LogP contribution in [0.1, 0.15) is 73.1 Å². The van der Waals surface area contributed by atoms with Gasteiger partial charge in [-0.15, -0.1) is 0 Å². The smallest absolute Gasteiger partial charge is 0.416 e. The van der Waals surface area contributed by atoms with Gasteiger partial charge in [0, 0.05) is 18.2 Å². The Bertz CT molecular complexity index is 1160. The Balaban J connectivity index is 0.00000185. The van der Waals surface area contributed by atoms with Crippen molar-refractivity contribution in [3.63, 3.8) is 0 Å². The molecule has 9 heteroatoms. The normalized spacial score (nSPS) is 28.9. The van der Waals surface area contributed by atoms with Crippen LogP contribution in [-0.2, 0) is 22.9 Å². The molecule has 1 aliphatic carbocycles. The van der Waals surface area contributed by atoms with Gasteiger partial charge in [0.25, 0.3) is 0 Å². The van der Waals surface area contributed by atoms with E-state index in [4.69, 9.17) is 0 Å². The number of halogens is 5. The molecule has 2 saturated heterocycles. The first-order chi connectivity index (χ1) is 18.4. The molecular weight excluding hydrogens is 558 g/mol. The fourth-order valence-electron chi connectivity index (χ4n) is 8.32. The van der Waals surface area contributed by atoms with E-state index in [0.29, 0.717) is 43.6 Å². The van der Waals surface area contributed by atoms with E-state index in [2.05, 4.69) is 40.5 Å². The predicted molar refractivity (Wildman–Crippen MR) is 139 cm³/mol. The maximum atomic E-state index is 14.5. The minimum atomic E-state index is -4.38. The molecule has 4 aliphatic rings. The summed E-state index contributed by atoms with van der Waals surface area (Å²) in [6.07, 6.45) is 3.62. The summed E-state index contributed by atoms with van der Waals surface area (Å²) in [4.78, 5) is 16.7. The minimum Gasteiger partial charge on any atom is -1.00 e. The van der Waals surface area contributed by atoms with Crippen molar-refractivity contribution in [2.75, 3.05) is 26.2 Å². The number of amides is 1. The molecule has 1 saturated carbocycles. The van der Waals surface area contributed by atoms with Crippen molar-refractivity contribution in [1.29, 1.82) is 0 Å². The highest BCUT2D eigenvalue weighted by atomic mass is 35.5. The molecule has 3 aliphatic heterocycles. The first-order valence-corrected chi connectivity index (χ1v) is 14.6. The molecule has 4 nitrogen and oxygen atoms in total. The Labute approximate surface area is 247 Å². The summed E-state index contributed by atoms with van der Waals surface area (Å²) < 4.78 is 41.8. The van der Waals surface area contributed by atoms with Crippen LogP contribution in [0.4, 0.5) is 13.2 Å². The molecule has 1 spiro atoms. The fraction of sp³-hybridized carbons (Fsp3) is 0.581. The standard InChI is InChI=1S/C31H38F3N3O.2ClH/c32-31(33,34)26-13-7-12-25-24(26)17-35-19-30(25)20-36-18-27(30)29(38)37-15-14-23(21-8-3-1-4-9-21)16-28(37)22-10-5-2-6-11-22;;/h1,3-4,7-9,12-13,22-23,27-28,35-36H,2,5-6,10-11,14-20H2;2*1H/t23-,27?,28+,30+;;/m1../s1. The van der Waals surface area contributed by atoms with Gasteiger partial charge in [-0.3, -0.25) is 4.79 Å². The van der Waals surface area contributed by atoms with Gasteiger partial charge in [-0.05, 0) is 54.7 Å². The van der Waals surface area contributed by atoms with E-state index >= 15 is 0 Å². The second kappa shape index (κ2) is 12.6. The molecule has 3 heterocycles. The van der Waals surface area contributed by atoms with Gasteiger partial charge in [0.15, 0.2) is 0 Å². The lowest BCUT2D eigenvalue weighted by Gasteiger charge is -2.47. The Morgan fingerprint density at radius 1 is 0.900 bits per heavy atom. The second-order valence-electron chi connectivity index (χ2n) is 12.1. The van der Waals surface area contributed by atoms with Crippen LogP contribution in [0, 0.1) is 11.8 Å². The van der Waals surface area contributed by atoms with Crippen molar-refractivity contribution < 1.29 is 53.4 Å². The molecule has 0 aromatic heterocycles. The third-order valence-electron chi connectivity index (χ3n) is 10.1. The number of likely N-dealkylation sites (tertiary alicyclic amines) is 1. The zero-order valence-electron chi connectivity index (χ0n) is 22.8. The zero-order valence-corrected chi connectivity index (χ0v) is 24.3. The molecular formula is C31H40Cl2F3N3O. The average molecular weight is 599 g/mol. The van der Waals surface area contributed by atoms with Gasteiger partial charge in [0.05, 0.1) is 25.2 Å². The molecule has 40 heavy (non-hydrogen) atoms. The SMILES string of the molecule is O=C(C1C[NH2+]C[C@]12C[NH2+]Cc1c(C(F)(F)F)cccc12)N1CC[C@@H](c2ccccc2)C[C@H]1C1CCCCC1.[Cl-].[Cl-]. The Kier molecular flexibility index (Phi) is 9.81. The number of hydrogen-bond acceptors (Lipinski definition) is 1. The van der Waals surface area contributed by atoms with Crippen LogP contribution in [0.25, 0.3) is 0 Å². The van der Waals surface area contributed by atoms with E-state index in [1.807, 2.05) is 11.4 Å². The van der Waals surface area contributed by atoms with E-state index in [-0.39, 0.29) is 42.7 Å². The van der Waals surface area contributed by atoms with Crippen LogP contribution in [0.2, 0.25) is 0 Å². The highest BCUT2D eigenvalue weighted by molar-refractivity contribution is 5.82. The number of nitrogens with zero attached hydrogens (tertiary/aromatic N) is 1. The third kappa shape index (κ3) is 5.64. The number of quaternary nitrogens is 2. The summed E-state index contributed by atoms with van der Waals surface area (Å²) in [5, 5.41) is 4.16. The predicted octanol–water partition coefficient (Wildman–Crippen LogP) is -2.42. The first kappa shape index (κ1) is 31.1. The largest absolute Gasteiger partial charge is 1.00 e. The average Bonchev–Trinajstić information content (AvgIpc) is 3.36. The van der Waals surface area contributed by atoms with Gasteiger partial charge in [0.1, 0.15) is 17.9 Å². The van der Waals surface area contributed by atoms with Gasteiger partial charge in [-0.1, -0.05) is 61.7 Å². The number of benzene rings is 2. The Hall–Kier alpha value is -1.80. The molecule has 4 atom stereocenters. The Morgan fingerprint density at radius 3 is 2.35 bits per heavy atom. The number of piperidine rings is 1. The van der Waals surface area contributed by atoms with Gasteiger partial charge < -0.3 is 40.3 Å². The van der Waals surface area contributed by atoms with Crippen LogP contribution >= 0.6 is 0 Å². The second-order valence-corrected chi connectivity index (χ2v) is 12.1. The van der Waals surface area contributed by atoms with Gasteiger partial charge in [-0.25, -0.2) is 0 Å². The maximum Gasteiger partial charge on any atom is 0.416 e. The molecule has 2 aromatic rings. The maximum absolute atomic E-state index is 14.5. The summed E-state index contributed by atoms with van der Waals surface area (Å²) in [5.41, 5.74) is 1.41. The number of carbonyl (C=O) groups excluding carboxylic acids is 1.